The molecule has 0 amide bonds. The van der Waals surface area contributed by atoms with Crippen molar-refractivity contribution in [1.29, 1.82) is 0 Å². The molecule has 0 aromatic heterocycles. The molecule has 5 heteroatoms. The molecule has 0 aliphatic carbocycles. The highest BCUT2D eigenvalue weighted by molar-refractivity contribution is 7.98. The van der Waals surface area contributed by atoms with Gasteiger partial charge in [-0.1, -0.05) is 6.07 Å². The van der Waals surface area contributed by atoms with Crippen LogP contribution in [0.15, 0.2) is 23.2 Å². The predicted molar refractivity (Wildman–Crippen MR) is 66.2 cm³/mol. The minimum atomic E-state index is -0.533. The van der Waals surface area contributed by atoms with Crippen molar-refractivity contribution in [3.63, 3.8) is 0 Å². The maximum atomic E-state index is 13.6. The highest BCUT2D eigenvalue weighted by atomic mass is 32.2. The summed E-state index contributed by atoms with van der Waals surface area (Å²) in [7, 11) is 0. The Hall–Kier alpha value is -1.36. The lowest BCUT2D eigenvalue weighted by Crippen LogP contribution is -2.10. The molecule has 1 aliphatic rings. The third-order valence-corrected chi connectivity index (χ3v) is 3.20. The first kappa shape index (κ1) is 12.1. The molecule has 1 atom stereocenters. The van der Waals surface area contributed by atoms with E-state index >= 15 is 0 Å². The number of aliphatic imine (C=N–C) groups is 1. The molecule has 0 N–H and O–H groups in total. The summed E-state index contributed by atoms with van der Waals surface area (Å²) >= 11 is 1.64. The lowest BCUT2D eigenvalue weighted by Gasteiger charge is -2.05. The number of benzene rings is 1. The minimum Gasteiger partial charge on any atom is -0.403 e. The molecule has 3 nitrogen and oxygen atoms in total. The Kier molecular flexibility index (Phi) is 3.47. The molecule has 0 saturated heterocycles. The van der Waals surface area contributed by atoms with Gasteiger partial charge in [-0.2, -0.15) is 11.8 Å². The van der Waals surface area contributed by atoms with Gasteiger partial charge in [0, 0.05) is 5.75 Å². The van der Waals surface area contributed by atoms with Gasteiger partial charge in [-0.05, 0) is 25.3 Å². The van der Waals surface area contributed by atoms with E-state index in [1.807, 2.05) is 13.2 Å². The van der Waals surface area contributed by atoms with E-state index in [2.05, 4.69) is 4.99 Å². The van der Waals surface area contributed by atoms with Crippen molar-refractivity contribution < 1.29 is 13.9 Å². The lowest BCUT2D eigenvalue weighted by molar-refractivity contribution is 0.0736. The number of fused-ring (bicyclic) bond motifs is 1. The number of nitrogens with zero attached hydrogens (tertiary/aromatic N) is 1. The van der Waals surface area contributed by atoms with Crippen LogP contribution < -0.4 is 0 Å². The smallest absolute Gasteiger partial charge is 0.345 e. The summed E-state index contributed by atoms with van der Waals surface area (Å²) in [6, 6.07) is 4.32. The summed E-state index contributed by atoms with van der Waals surface area (Å²) < 4.78 is 18.6. The molecule has 1 aromatic rings. The second-order valence-corrected chi connectivity index (χ2v) is 4.70. The first-order valence-corrected chi connectivity index (χ1v) is 6.60. The largest absolute Gasteiger partial charge is 0.403 e. The zero-order valence-electron chi connectivity index (χ0n) is 9.57. The summed E-state index contributed by atoms with van der Waals surface area (Å²) in [6.45, 7) is 1.90. The molecule has 0 radical (unpaired) electrons. The SMILES string of the molecule is CSC[C@H](C)N=C1OC(=O)c2cccc(F)c21. The predicted octanol–water partition coefficient (Wildman–Crippen LogP) is 2.49. The van der Waals surface area contributed by atoms with Crippen LogP contribution in [-0.4, -0.2) is 29.9 Å². The Morgan fingerprint density at radius 1 is 1.53 bits per heavy atom. The van der Waals surface area contributed by atoms with Crippen molar-refractivity contribution in [2.24, 2.45) is 4.99 Å². The fraction of sp³-hybridized carbons (Fsp3) is 0.333. The zero-order valence-corrected chi connectivity index (χ0v) is 10.4. The molecular formula is C12H12FNO2S. The molecular weight excluding hydrogens is 241 g/mol. The molecule has 0 saturated carbocycles. The van der Waals surface area contributed by atoms with Gasteiger partial charge < -0.3 is 4.74 Å². The number of carbonyl (C=O) groups excluding carboxylic acids is 1. The Bertz CT molecular complexity index is 487. The molecule has 0 bridgehead atoms. The third-order valence-electron chi connectivity index (χ3n) is 2.38. The van der Waals surface area contributed by atoms with E-state index < -0.39 is 11.8 Å². The number of thioether (sulfide) groups is 1. The zero-order chi connectivity index (χ0) is 12.4. The van der Waals surface area contributed by atoms with Gasteiger partial charge in [-0.15, -0.1) is 0 Å². The molecule has 0 spiro atoms. The minimum absolute atomic E-state index is 0.0154. The Balaban J connectivity index is 2.39. The highest BCUT2D eigenvalue weighted by Gasteiger charge is 2.31. The summed E-state index contributed by atoms with van der Waals surface area (Å²) in [6.07, 6.45) is 1.96. The first-order valence-electron chi connectivity index (χ1n) is 5.21. The van der Waals surface area contributed by atoms with Gasteiger partial charge in [0.2, 0.25) is 5.90 Å². The molecule has 17 heavy (non-hydrogen) atoms. The molecule has 1 aromatic carbocycles. The van der Waals surface area contributed by atoms with Gasteiger partial charge in [0.1, 0.15) is 5.82 Å². The second kappa shape index (κ2) is 4.87. The third kappa shape index (κ3) is 2.34. The molecule has 2 rings (SSSR count). The lowest BCUT2D eigenvalue weighted by atomic mass is 10.1. The summed E-state index contributed by atoms with van der Waals surface area (Å²) in [5.74, 6) is -0.104. The van der Waals surface area contributed by atoms with Crippen molar-refractivity contribution in [2.45, 2.75) is 13.0 Å². The van der Waals surface area contributed by atoms with Crippen molar-refractivity contribution in [1.82, 2.24) is 0 Å². The van der Waals surface area contributed by atoms with Crippen molar-refractivity contribution in [2.75, 3.05) is 12.0 Å². The monoisotopic (exact) mass is 253 g/mol. The average molecular weight is 253 g/mol. The van der Waals surface area contributed by atoms with E-state index in [-0.39, 0.29) is 23.1 Å². The van der Waals surface area contributed by atoms with Gasteiger partial charge in [0.05, 0.1) is 17.2 Å². The molecule has 0 unspecified atom stereocenters. The number of esters is 1. The average Bonchev–Trinajstić information content (AvgIpc) is 2.57. The Morgan fingerprint density at radius 2 is 2.29 bits per heavy atom. The van der Waals surface area contributed by atoms with Gasteiger partial charge in [-0.3, -0.25) is 0 Å². The van der Waals surface area contributed by atoms with Gasteiger partial charge in [0.15, 0.2) is 0 Å². The maximum absolute atomic E-state index is 13.6. The first-order chi connectivity index (χ1) is 8.13. The number of rotatable bonds is 3. The van der Waals surface area contributed by atoms with E-state index in [0.717, 1.165) is 5.75 Å². The number of halogens is 1. The molecule has 1 aliphatic heterocycles. The summed E-state index contributed by atoms with van der Waals surface area (Å²) in [5.41, 5.74) is 0.436. The van der Waals surface area contributed by atoms with E-state index in [9.17, 15) is 9.18 Å². The van der Waals surface area contributed by atoms with Crippen LogP contribution in [0.2, 0.25) is 0 Å². The van der Waals surface area contributed by atoms with E-state index in [1.165, 1.54) is 12.1 Å². The van der Waals surface area contributed by atoms with Crippen molar-refractivity contribution >= 4 is 23.6 Å². The van der Waals surface area contributed by atoms with Crippen LogP contribution in [0, 0.1) is 5.82 Å². The Labute approximate surface area is 103 Å². The fourth-order valence-electron chi connectivity index (χ4n) is 1.67. The van der Waals surface area contributed by atoms with Crippen LogP contribution in [0.4, 0.5) is 4.39 Å². The van der Waals surface area contributed by atoms with Gasteiger partial charge in [-0.25, -0.2) is 14.2 Å². The number of carbonyl (C=O) groups is 1. The van der Waals surface area contributed by atoms with Crippen LogP contribution in [0.3, 0.4) is 0 Å². The highest BCUT2D eigenvalue weighted by Crippen LogP contribution is 2.23. The van der Waals surface area contributed by atoms with Gasteiger partial charge >= 0.3 is 5.97 Å². The summed E-state index contributed by atoms with van der Waals surface area (Å²) in [5, 5.41) is 0. The van der Waals surface area contributed by atoms with Crippen molar-refractivity contribution in [3.8, 4) is 0 Å². The standard InChI is InChI=1S/C12H12FNO2S/c1-7(6-17-2)14-11-10-8(12(15)16-11)4-3-5-9(10)13/h3-5,7H,6H2,1-2H3/t7-/m0/s1. The van der Waals surface area contributed by atoms with Crippen LogP contribution in [0.1, 0.15) is 22.8 Å². The second-order valence-electron chi connectivity index (χ2n) is 3.79. The van der Waals surface area contributed by atoms with Gasteiger partial charge in [0.25, 0.3) is 0 Å². The Morgan fingerprint density at radius 3 is 3.00 bits per heavy atom. The molecule has 90 valence electrons. The number of ether oxygens (including phenoxy) is 1. The van der Waals surface area contributed by atoms with Crippen LogP contribution >= 0.6 is 11.8 Å². The van der Waals surface area contributed by atoms with Crippen LogP contribution in [0.25, 0.3) is 0 Å². The topological polar surface area (TPSA) is 38.7 Å². The van der Waals surface area contributed by atoms with E-state index in [0.29, 0.717) is 0 Å². The number of hydrogen-bond acceptors (Lipinski definition) is 4. The number of cyclic esters (lactones) is 1. The maximum Gasteiger partial charge on any atom is 0.345 e. The van der Waals surface area contributed by atoms with E-state index in [4.69, 9.17) is 4.74 Å². The quantitative estimate of drug-likeness (QED) is 0.777. The van der Waals surface area contributed by atoms with E-state index in [1.54, 1.807) is 17.8 Å². The molecule has 0 fully saturated rings. The molecule has 1 heterocycles. The van der Waals surface area contributed by atoms with Crippen LogP contribution in [-0.2, 0) is 4.74 Å². The summed E-state index contributed by atoms with van der Waals surface area (Å²) in [4.78, 5) is 15.7. The fourth-order valence-corrected chi connectivity index (χ4v) is 2.23. The normalized spacial score (nSPS) is 18.1. The van der Waals surface area contributed by atoms with Crippen molar-refractivity contribution in [3.05, 3.63) is 35.1 Å². The number of hydrogen-bond donors (Lipinski definition) is 0. The van der Waals surface area contributed by atoms with Crippen LogP contribution in [0.5, 0.6) is 0 Å².